The van der Waals surface area contributed by atoms with Gasteiger partial charge in [-0.1, -0.05) is 47.5 Å². The second-order valence-electron chi connectivity index (χ2n) is 7.03. The largest absolute Gasteiger partial charge is 0.243 e. The molecule has 0 bridgehead atoms. The van der Waals surface area contributed by atoms with Crippen molar-refractivity contribution >= 4 is 10.0 Å². The molecule has 0 atom stereocenters. The lowest BCUT2D eigenvalue weighted by molar-refractivity contribution is 0.0889. The first-order chi connectivity index (χ1) is 11.8. The molecule has 1 heterocycles. The van der Waals surface area contributed by atoms with Crippen molar-refractivity contribution in [2.45, 2.75) is 43.7 Å². The van der Waals surface area contributed by atoms with Gasteiger partial charge in [-0.25, -0.2) is 12.8 Å². The first-order valence-electron chi connectivity index (χ1n) is 8.60. The Morgan fingerprint density at radius 1 is 0.920 bits per heavy atom. The Kier molecular flexibility index (Phi) is 4.98. The molecule has 25 heavy (non-hydrogen) atoms. The van der Waals surface area contributed by atoms with E-state index in [9.17, 15) is 8.42 Å². The summed E-state index contributed by atoms with van der Waals surface area (Å²) in [6.45, 7) is 4.36. The molecular weight excluding hydrogens is 337 g/mol. The van der Waals surface area contributed by atoms with Crippen molar-refractivity contribution in [3.8, 4) is 0 Å². The number of alkyl halides is 1. The highest BCUT2D eigenvalue weighted by molar-refractivity contribution is 7.89. The van der Waals surface area contributed by atoms with Gasteiger partial charge < -0.3 is 0 Å². The highest BCUT2D eigenvalue weighted by Crippen LogP contribution is 2.32. The van der Waals surface area contributed by atoms with Gasteiger partial charge >= 0.3 is 0 Å². The number of aryl methyl sites for hydroxylation is 2. The Balaban J connectivity index is 1.68. The molecule has 0 aromatic heterocycles. The van der Waals surface area contributed by atoms with Gasteiger partial charge in [-0.2, -0.15) is 4.31 Å². The number of nitrogens with zero attached hydrogens (tertiary/aromatic N) is 1. The van der Waals surface area contributed by atoms with E-state index in [0.29, 0.717) is 6.42 Å². The molecule has 0 saturated carbocycles. The number of halogens is 1. The van der Waals surface area contributed by atoms with Crippen LogP contribution in [0.4, 0.5) is 4.39 Å². The summed E-state index contributed by atoms with van der Waals surface area (Å²) in [5, 5.41) is 0. The van der Waals surface area contributed by atoms with E-state index < -0.39 is 15.7 Å². The zero-order chi connectivity index (χ0) is 18.1. The molecule has 1 aliphatic heterocycles. The number of hydrogen-bond donors (Lipinski definition) is 0. The SMILES string of the molecule is Cc1ccc(CC2(F)CCN(S(=O)(=O)c3ccc(C)cc3)CC2)cc1. The normalized spacial score (nSPS) is 18.2. The molecule has 0 N–H and O–H groups in total. The lowest BCUT2D eigenvalue weighted by Gasteiger charge is -2.35. The van der Waals surface area contributed by atoms with Crippen LogP contribution in [0.25, 0.3) is 0 Å². The van der Waals surface area contributed by atoms with Crippen molar-refractivity contribution < 1.29 is 12.8 Å². The standard InChI is InChI=1S/C20H24FNO2S/c1-16-3-7-18(8-4-16)15-20(21)11-13-22(14-12-20)25(23,24)19-9-5-17(2)6-10-19/h3-10H,11-15H2,1-2H3. The first-order valence-corrected chi connectivity index (χ1v) is 10.0. The van der Waals surface area contributed by atoms with Crippen LogP contribution in [0, 0.1) is 13.8 Å². The van der Waals surface area contributed by atoms with Gasteiger partial charge in [0.2, 0.25) is 10.0 Å². The molecule has 1 fully saturated rings. The summed E-state index contributed by atoms with van der Waals surface area (Å²) in [5.74, 6) is 0. The molecule has 134 valence electrons. The van der Waals surface area contributed by atoms with Crippen LogP contribution in [0.5, 0.6) is 0 Å². The van der Waals surface area contributed by atoms with Crippen molar-refractivity contribution in [2.75, 3.05) is 13.1 Å². The van der Waals surface area contributed by atoms with Gasteiger partial charge in [-0.05, 0) is 44.4 Å². The van der Waals surface area contributed by atoms with E-state index in [1.54, 1.807) is 24.3 Å². The van der Waals surface area contributed by atoms with Crippen LogP contribution in [-0.2, 0) is 16.4 Å². The Bertz CT molecular complexity index is 821. The zero-order valence-electron chi connectivity index (χ0n) is 14.7. The average Bonchev–Trinajstić information content (AvgIpc) is 2.58. The topological polar surface area (TPSA) is 37.4 Å². The Hall–Kier alpha value is -1.72. The molecule has 3 nitrogen and oxygen atoms in total. The maximum Gasteiger partial charge on any atom is 0.243 e. The quantitative estimate of drug-likeness (QED) is 0.824. The van der Waals surface area contributed by atoms with Gasteiger partial charge in [0.1, 0.15) is 5.67 Å². The van der Waals surface area contributed by atoms with Gasteiger partial charge in [-0.3, -0.25) is 0 Å². The number of benzene rings is 2. The van der Waals surface area contributed by atoms with Crippen molar-refractivity contribution in [1.29, 1.82) is 0 Å². The fourth-order valence-corrected chi connectivity index (χ4v) is 4.68. The number of sulfonamides is 1. The van der Waals surface area contributed by atoms with Gasteiger partial charge in [0, 0.05) is 19.5 Å². The lowest BCUT2D eigenvalue weighted by Crippen LogP contribution is -2.45. The second kappa shape index (κ2) is 6.89. The summed E-state index contributed by atoms with van der Waals surface area (Å²) in [6, 6.07) is 14.7. The minimum absolute atomic E-state index is 0.221. The van der Waals surface area contributed by atoms with E-state index >= 15 is 4.39 Å². The van der Waals surface area contributed by atoms with Crippen LogP contribution in [0.15, 0.2) is 53.4 Å². The number of rotatable bonds is 4. The Morgan fingerprint density at radius 2 is 1.40 bits per heavy atom. The van der Waals surface area contributed by atoms with Crippen LogP contribution in [0.1, 0.15) is 29.5 Å². The molecule has 0 unspecified atom stereocenters. The number of piperidine rings is 1. The smallest absolute Gasteiger partial charge is 0.243 e. The molecule has 0 aliphatic carbocycles. The van der Waals surface area contributed by atoms with Gasteiger partial charge in [0.15, 0.2) is 0 Å². The van der Waals surface area contributed by atoms with Crippen LogP contribution in [0.3, 0.4) is 0 Å². The molecule has 5 heteroatoms. The van der Waals surface area contributed by atoms with Crippen LogP contribution < -0.4 is 0 Å². The number of hydrogen-bond acceptors (Lipinski definition) is 2. The van der Waals surface area contributed by atoms with Crippen LogP contribution in [0.2, 0.25) is 0 Å². The molecule has 0 amide bonds. The second-order valence-corrected chi connectivity index (χ2v) is 8.97. The van der Waals surface area contributed by atoms with Crippen molar-refractivity contribution in [3.63, 3.8) is 0 Å². The summed E-state index contributed by atoms with van der Waals surface area (Å²) in [5.41, 5.74) is 1.78. The molecule has 2 aromatic carbocycles. The maximum atomic E-state index is 15.2. The van der Waals surface area contributed by atoms with Crippen molar-refractivity contribution in [3.05, 3.63) is 65.2 Å². The van der Waals surface area contributed by atoms with Crippen molar-refractivity contribution in [2.24, 2.45) is 0 Å². The van der Waals surface area contributed by atoms with Crippen LogP contribution in [-0.4, -0.2) is 31.5 Å². The van der Waals surface area contributed by atoms with Gasteiger partial charge in [0.05, 0.1) is 4.90 Å². The molecule has 2 aromatic rings. The first kappa shape index (κ1) is 18.1. The van der Waals surface area contributed by atoms with E-state index in [2.05, 4.69) is 0 Å². The minimum atomic E-state index is -3.54. The highest BCUT2D eigenvalue weighted by Gasteiger charge is 2.38. The molecule has 0 spiro atoms. The Morgan fingerprint density at radius 3 is 1.92 bits per heavy atom. The minimum Gasteiger partial charge on any atom is -0.243 e. The lowest BCUT2D eigenvalue weighted by atomic mass is 9.87. The zero-order valence-corrected chi connectivity index (χ0v) is 15.5. The van der Waals surface area contributed by atoms with Crippen molar-refractivity contribution in [1.82, 2.24) is 4.31 Å². The van der Waals surface area contributed by atoms with E-state index in [1.807, 2.05) is 38.1 Å². The van der Waals surface area contributed by atoms with Crippen LogP contribution >= 0.6 is 0 Å². The fraction of sp³-hybridized carbons (Fsp3) is 0.400. The third-order valence-electron chi connectivity index (χ3n) is 4.92. The average molecular weight is 361 g/mol. The fourth-order valence-electron chi connectivity index (χ4n) is 3.24. The third-order valence-corrected chi connectivity index (χ3v) is 6.83. The van der Waals surface area contributed by atoms with E-state index in [1.165, 1.54) is 4.31 Å². The maximum absolute atomic E-state index is 15.2. The Labute approximate surface area is 149 Å². The van der Waals surface area contributed by atoms with Gasteiger partial charge in [-0.15, -0.1) is 0 Å². The summed E-state index contributed by atoms with van der Waals surface area (Å²) in [6.07, 6.45) is 0.795. The van der Waals surface area contributed by atoms with Gasteiger partial charge in [0.25, 0.3) is 0 Å². The summed E-state index contributed by atoms with van der Waals surface area (Å²) < 4.78 is 42.0. The molecule has 1 aliphatic rings. The summed E-state index contributed by atoms with van der Waals surface area (Å²) in [4.78, 5) is 0.281. The summed E-state index contributed by atoms with van der Waals surface area (Å²) in [7, 11) is -3.54. The molecule has 1 saturated heterocycles. The molecule has 3 rings (SSSR count). The predicted octanol–water partition coefficient (Wildman–Crippen LogP) is 4.04. The van der Waals surface area contributed by atoms with E-state index in [4.69, 9.17) is 0 Å². The molecular formula is C20H24FNO2S. The predicted molar refractivity (Wildman–Crippen MR) is 97.9 cm³/mol. The molecule has 0 radical (unpaired) electrons. The van der Waals surface area contributed by atoms with E-state index in [-0.39, 0.29) is 30.8 Å². The van der Waals surface area contributed by atoms with E-state index in [0.717, 1.165) is 16.7 Å². The third kappa shape index (κ3) is 4.10. The highest BCUT2D eigenvalue weighted by atomic mass is 32.2. The monoisotopic (exact) mass is 361 g/mol. The summed E-state index contributed by atoms with van der Waals surface area (Å²) >= 11 is 0.